The summed E-state index contributed by atoms with van der Waals surface area (Å²) in [6.07, 6.45) is 7.43. The molecule has 4 nitrogen and oxygen atoms in total. The second-order valence-electron chi connectivity index (χ2n) is 1.65. The summed E-state index contributed by atoms with van der Waals surface area (Å²) in [5.74, 6) is -1.48. The molecule has 2 N–H and O–H groups in total. The Balaban J connectivity index is 0.000001000. The number of carbonyl (C=O) groups is 1. The molecule has 1 aliphatic rings. The molecule has 0 atom stereocenters. The van der Waals surface area contributed by atoms with Crippen LogP contribution in [0, 0.1) is 0 Å². The van der Waals surface area contributed by atoms with Crippen LogP contribution in [0.2, 0.25) is 0 Å². The van der Waals surface area contributed by atoms with Crippen LogP contribution in [0.3, 0.4) is 0 Å². The smallest absolute Gasteiger partial charge is 0.149 e. The summed E-state index contributed by atoms with van der Waals surface area (Å²) in [6, 6.07) is 0. The first kappa shape index (κ1) is 9.45. The molecule has 0 bridgehead atoms. The maximum absolute atomic E-state index is 10.1. The number of ether oxygens (including phenoxy) is 1. The molecule has 0 spiro atoms. The highest BCUT2D eigenvalue weighted by atomic mass is 16.5. The highest BCUT2D eigenvalue weighted by Crippen LogP contribution is 2.00. The zero-order chi connectivity index (χ0) is 7.40. The molecule has 60 valence electrons. The SMILES string of the molecule is O.O=C([O-])C1=CC=CC=CO1. The average Bonchev–Trinajstić information content (AvgIpc) is 2.12. The summed E-state index contributed by atoms with van der Waals surface area (Å²) in [5, 5.41) is 10.1. The average molecular weight is 155 g/mol. The van der Waals surface area contributed by atoms with Crippen molar-refractivity contribution in [2.75, 3.05) is 0 Å². The first-order chi connectivity index (χ1) is 4.80. The minimum absolute atomic E-state index is 0. The summed E-state index contributed by atoms with van der Waals surface area (Å²) in [7, 11) is 0. The van der Waals surface area contributed by atoms with Crippen LogP contribution in [0.4, 0.5) is 0 Å². The van der Waals surface area contributed by atoms with Crippen LogP contribution < -0.4 is 5.11 Å². The number of allylic oxidation sites excluding steroid dienone is 4. The van der Waals surface area contributed by atoms with E-state index in [1.807, 2.05) is 0 Å². The molecule has 0 amide bonds. The first-order valence-corrected chi connectivity index (χ1v) is 2.72. The lowest BCUT2D eigenvalue weighted by Gasteiger charge is -2.03. The first-order valence-electron chi connectivity index (χ1n) is 2.72. The number of hydrogen-bond donors (Lipinski definition) is 0. The van der Waals surface area contributed by atoms with Gasteiger partial charge in [0, 0.05) is 0 Å². The minimum atomic E-state index is -1.31. The van der Waals surface area contributed by atoms with Crippen LogP contribution in [0.1, 0.15) is 0 Å². The second kappa shape index (κ2) is 4.29. The van der Waals surface area contributed by atoms with Gasteiger partial charge in [0.2, 0.25) is 0 Å². The fourth-order valence-corrected chi connectivity index (χ4v) is 0.520. The van der Waals surface area contributed by atoms with Crippen molar-refractivity contribution in [3.63, 3.8) is 0 Å². The van der Waals surface area contributed by atoms with Gasteiger partial charge >= 0.3 is 0 Å². The lowest BCUT2D eigenvalue weighted by atomic mass is 10.4. The Morgan fingerprint density at radius 3 is 2.73 bits per heavy atom. The van der Waals surface area contributed by atoms with E-state index in [0.29, 0.717) is 0 Å². The van der Waals surface area contributed by atoms with Gasteiger partial charge < -0.3 is 20.1 Å². The Morgan fingerprint density at radius 1 is 1.36 bits per heavy atom. The maximum Gasteiger partial charge on any atom is 0.149 e. The highest BCUT2D eigenvalue weighted by Gasteiger charge is 1.95. The Kier molecular flexibility index (Phi) is 3.69. The number of carboxylic acids is 1. The van der Waals surface area contributed by atoms with Gasteiger partial charge in [-0.1, -0.05) is 12.2 Å². The van der Waals surface area contributed by atoms with Gasteiger partial charge in [0.25, 0.3) is 0 Å². The molecule has 0 saturated carbocycles. The lowest BCUT2D eigenvalue weighted by Crippen LogP contribution is -2.24. The molecule has 0 fully saturated rings. The van der Waals surface area contributed by atoms with Crippen molar-refractivity contribution >= 4 is 5.97 Å². The monoisotopic (exact) mass is 155 g/mol. The molecule has 0 unspecified atom stereocenters. The van der Waals surface area contributed by atoms with Gasteiger partial charge in [-0.05, 0) is 12.2 Å². The van der Waals surface area contributed by atoms with Crippen LogP contribution in [-0.2, 0) is 9.53 Å². The van der Waals surface area contributed by atoms with E-state index in [4.69, 9.17) is 0 Å². The van der Waals surface area contributed by atoms with Crippen molar-refractivity contribution in [3.8, 4) is 0 Å². The van der Waals surface area contributed by atoms with Crippen LogP contribution in [0.5, 0.6) is 0 Å². The largest absolute Gasteiger partial charge is 0.542 e. The molecule has 0 saturated heterocycles. The van der Waals surface area contributed by atoms with Gasteiger partial charge in [0.1, 0.15) is 11.7 Å². The van der Waals surface area contributed by atoms with Crippen molar-refractivity contribution in [1.29, 1.82) is 0 Å². The fraction of sp³-hybridized carbons (Fsp3) is 0. The Morgan fingerprint density at radius 2 is 2.09 bits per heavy atom. The molecule has 1 rings (SSSR count). The molecular formula is C7H7O4-. The lowest BCUT2D eigenvalue weighted by molar-refractivity contribution is -0.302. The van der Waals surface area contributed by atoms with Gasteiger partial charge in [0.15, 0.2) is 0 Å². The number of carbonyl (C=O) groups excluding carboxylic acids is 1. The molecule has 0 aromatic carbocycles. The molecule has 1 heterocycles. The fourth-order valence-electron chi connectivity index (χ4n) is 0.520. The Bertz CT molecular complexity index is 225. The Hall–Kier alpha value is -1.55. The topological polar surface area (TPSA) is 80.9 Å². The molecule has 1 aliphatic heterocycles. The van der Waals surface area contributed by atoms with E-state index in [1.165, 1.54) is 12.3 Å². The summed E-state index contributed by atoms with van der Waals surface area (Å²) in [4.78, 5) is 10.1. The standard InChI is InChI=1S/C7H6O3.H2O/c8-7(9)6-4-2-1-3-5-10-6;/h1-5H,(H,8,9);1H2/p-1. The zero-order valence-corrected chi connectivity index (χ0v) is 5.61. The molecule has 11 heavy (non-hydrogen) atoms. The van der Waals surface area contributed by atoms with Crippen LogP contribution >= 0.6 is 0 Å². The van der Waals surface area contributed by atoms with E-state index < -0.39 is 5.97 Å². The molecule has 0 aromatic heterocycles. The highest BCUT2D eigenvalue weighted by molar-refractivity contribution is 5.82. The predicted octanol–water partition coefficient (Wildman–Crippen LogP) is -1.10. The van der Waals surface area contributed by atoms with Crippen molar-refractivity contribution in [2.24, 2.45) is 0 Å². The van der Waals surface area contributed by atoms with Crippen molar-refractivity contribution in [3.05, 3.63) is 36.3 Å². The molecule has 0 aliphatic carbocycles. The van der Waals surface area contributed by atoms with Gasteiger partial charge in [-0.15, -0.1) is 0 Å². The number of carboxylic acid groups (broad SMARTS) is 1. The van der Waals surface area contributed by atoms with E-state index in [2.05, 4.69) is 4.74 Å². The minimum Gasteiger partial charge on any atom is -0.542 e. The van der Waals surface area contributed by atoms with Crippen molar-refractivity contribution in [2.45, 2.75) is 0 Å². The molecular weight excluding hydrogens is 148 g/mol. The van der Waals surface area contributed by atoms with E-state index in [-0.39, 0.29) is 11.2 Å². The van der Waals surface area contributed by atoms with E-state index in [1.54, 1.807) is 18.2 Å². The third kappa shape index (κ3) is 2.68. The summed E-state index contributed by atoms with van der Waals surface area (Å²) in [5.41, 5.74) is 0. The third-order valence-electron chi connectivity index (χ3n) is 0.945. The number of hydrogen-bond acceptors (Lipinski definition) is 3. The van der Waals surface area contributed by atoms with Crippen LogP contribution in [0.25, 0.3) is 0 Å². The summed E-state index contributed by atoms with van der Waals surface area (Å²) in [6.45, 7) is 0. The summed E-state index contributed by atoms with van der Waals surface area (Å²) < 4.78 is 4.62. The van der Waals surface area contributed by atoms with Crippen LogP contribution in [-0.4, -0.2) is 11.4 Å². The zero-order valence-electron chi connectivity index (χ0n) is 5.61. The normalized spacial score (nSPS) is 14.0. The number of aliphatic carboxylic acids is 1. The molecule has 0 aromatic rings. The maximum atomic E-state index is 10.1. The van der Waals surface area contributed by atoms with Gasteiger partial charge in [-0.3, -0.25) is 0 Å². The van der Waals surface area contributed by atoms with Gasteiger partial charge in [-0.2, -0.15) is 0 Å². The second-order valence-corrected chi connectivity index (χ2v) is 1.65. The van der Waals surface area contributed by atoms with Crippen molar-refractivity contribution in [1.82, 2.24) is 0 Å². The third-order valence-corrected chi connectivity index (χ3v) is 0.945. The number of rotatable bonds is 1. The van der Waals surface area contributed by atoms with E-state index >= 15 is 0 Å². The quantitative estimate of drug-likeness (QED) is 0.481. The predicted molar refractivity (Wildman–Crippen MR) is 36.1 cm³/mol. The van der Waals surface area contributed by atoms with E-state index in [0.717, 1.165) is 0 Å². The Labute approximate surface area is 63.4 Å². The van der Waals surface area contributed by atoms with Gasteiger partial charge in [0.05, 0.1) is 6.26 Å². The van der Waals surface area contributed by atoms with Crippen LogP contribution in [0.15, 0.2) is 36.3 Å². The van der Waals surface area contributed by atoms with Crippen molar-refractivity contribution < 1.29 is 20.1 Å². The van der Waals surface area contributed by atoms with Gasteiger partial charge in [-0.25, -0.2) is 0 Å². The molecule has 4 heteroatoms. The summed E-state index contributed by atoms with van der Waals surface area (Å²) >= 11 is 0. The molecule has 0 radical (unpaired) electrons. The van der Waals surface area contributed by atoms with E-state index in [9.17, 15) is 9.90 Å².